The zero-order chi connectivity index (χ0) is 16.5. The van der Waals surface area contributed by atoms with Crippen LogP contribution >= 0.6 is 0 Å². The lowest BCUT2D eigenvalue weighted by atomic mass is 10.2. The van der Waals surface area contributed by atoms with Crippen LogP contribution in [-0.4, -0.2) is 18.7 Å². The number of furan rings is 1. The molecule has 5 heteroatoms. The van der Waals surface area contributed by atoms with Gasteiger partial charge in [-0.05, 0) is 54.5 Å². The van der Waals surface area contributed by atoms with Crippen LogP contribution < -0.4 is 10.2 Å². The van der Waals surface area contributed by atoms with Crippen molar-refractivity contribution in [3.8, 4) is 5.75 Å². The quantitative estimate of drug-likeness (QED) is 0.625. The number of carbonyl (C=O) groups excluding carboxylic acids is 1. The van der Waals surface area contributed by atoms with E-state index >= 15 is 0 Å². The van der Waals surface area contributed by atoms with Gasteiger partial charge < -0.3 is 9.15 Å². The third-order valence-corrected chi connectivity index (χ3v) is 2.83. The van der Waals surface area contributed by atoms with Crippen molar-refractivity contribution in [2.45, 2.75) is 13.8 Å². The zero-order valence-corrected chi connectivity index (χ0v) is 13.2. The van der Waals surface area contributed by atoms with Crippen LogP contribution in [-0.2, 0) is 0 Å². The van der Waals surface area contributed by atoms with Gasteiger partial charge in [0.2, 0.25) is 0 Å². The molecule has 0 aliphatic carbocycles. The number of carbonyl (C=O) groups is 1. The minimum atomic E-state index is -0.275. The van der Waals surface area contributed by atoms with E-state index in [0.717, 1.165) is 11.5 Å². The number of nitrogens with one attached hydrogen (secondary N) is 1. The first kappa shape index (κ1) is 16.5. The molecule has 0 atom stereocenters. The highest BCUT2D eigenvalue weighted by Crippen LogP contribution is 2.13. The predicted molar refractivity (Wildman–Crippen MR) is 90.5 cm³/mol. The van der Waals surface area contributed by atoms with Crippen LogP contribution in [0.4, 0.5) is 0 Å². The second-order valence-electron chi connectivity index (χ2n) is 5.32. The Kier molecular flexibility index (Phi) is 6.17. The average molecular weight is 312 g/mol. The van der Waals surface area contributed by atoms with Gasteiger partial charge in [0.15, 0.2) is 0 Å². The smallest absolute Gasteiger partial charge is 0.271 e. The van der Waals surface area contributed by atoms with E-state index in [0.29, 0.717) is 18.1 Å². The summed E-state index contributed by atoms with van der Waals surface area (Å²) in [6, 6.07) is 10.6. The Labute approximate surface area is 135 Å². The summed E-state index contributed by atoms with van der Waals surface area (Å²) in [5.41, 5.74) is 2.98. The minimum Gasteiger partial charge on any atom is -0.493 e. The molecule has 1 aromatic heterocycles. The first-order chi connectivity index (χ1) is 11.1. The fraction of sp³-hybridized carbons (Fsp3) is 0.222. The van der Waals surface area contributed by atoms with E-state index in [2.05, 4.69) is 24.4 Å². The maximum absolute atomic E-state index is 11.9. The molecular formula is C18H20N2O3. The lowest BCUT2D eigenvalue weighted by Crippen LogP contribution is -2.17. The largest absolute Gasteiger partial charge is 0.493 e. The standard InChI is InChI=1S/C18H20N2O3/c1-14(2)13-23-17-9-7-15(8-10-17)18(21)20-19-11-3-5-16-6-4-12-22-16/h3-12,14H,13H2,1-2H3,(H,20,21)/b5-3+,19-11+. The highest BCUT2D eigenvalue weighted by atomic mass is 16.5. The number of hydrazone groups is 1. The van der Waals surface area contributed by atoms with Crippen molar-refractivity contribution in [1.82, 2.24) is 5.43 Å². The van der Waals surface area contributed by atoms with Crippen LogP contribution in [0.1, 0.15) is 30.0 Å². The van der Waals surface area contributed by atoms with Crippen molar-refractivity contribution >= 4 is 18.2 Å². The normalized spacial score (nSPS) is 11.4. The Morgan fingerprint density at radius 3 is 2.74 bits per heavy atom. The van der Waals surface area contributed by atoms with Gasteiger partial charge in [-0.25, -0.2) is 5.43 Å². The Balaban J connectivity index is 1.81. The highest BCUT2D eigenvalue weighted by Gasteiger charge is 2.04. The van der Waals surface area contributed by atoms with Gasteiger partial charge in [0, 0.05) is 11.8 Å². The Hall–Kier alpha value is -2.82. The Morgan fingerprint density at radius 2 is 2.09 bits per heavy atom. The number of nitrogens with zero attached hydrogens (tertiary/aromatic N) is 1. The predicted octanol–water partition coefficient (Wildman–Crippen LogP) is 3.74. The molecule has 2 aromatic rings. The molecule has 0 saturated heterocycles. The molecule has 0 radical (unpaired) electrons. The van der Waals surface area contributed by atoms with Crippen LogP contribution in [0.5, 0.6) is 5.75 Å². The molecule has 0 fully saturated rings. The summed E-state index contributed by atoms with van der Waals surface area (Å²) in [4.78, 5) is 11.9. The van der Waals surface area contributed by atoms with Gasteiger partial charge in [-0.3, -0.25) is 4.79 Å². The van der Waals surface area contributed by atoms with Crippen molar-refractivity contribution in [3.05, 3.63) is 60.1 Å². The minimum absolute atomic E-state index is 0.275. The van der Waals surface area contributed by atoms with Crippen molar-refractivity contribution in [2.24, 2.45) is 11.0 Å². The summed E-state index contributed by atoms with van der Waals surface area (Å²) >= 11 is 0. The summed E-state index contributed by atoms with van der Waals surface area (Å²) in [5, 5.41) is 3.84. The third kappa shape index (κ3) is 5.82. The first-order valence-corrected chi connectivity index (χ1v) is 7.41. The molecule has 1 aromatic carbocycles. The average Bonchev–Trinajstić information content (AvgIpc) is 3.06. The van der Waals surface area contributed by atoms with Gasteiger partial charge in [-0.2, -0.15) is 5.10 Å². The molecule has 0 aliphatic heterocycles. The second-order valence-corrected chi connectivity index (χ2v) is 5.32. The van der Waals surface area contributed by atoms with Crippen LogP contribution in [0.3, 0.4) is 0 Å². The lowest BCUT2D eigenvalue weighted by Gasteiger charge is -2.08. The van der Waals surface area contributed by atoms with E-state index in [1.54, 1.807) is 48.7 Å². The van der Waals surface area contributed by atoms with Gasteiger partial charge in [-0.1, -0.05) is 13.8 Å². The number of hydrogen-bond acceptors (Lipinski definition) is 4. The van der Waals surface area contributed by atoms with E-state index in [1.807, 2.05) is 6.07 Å². The molecule has 5 nitrogen and oxygen atoms in total. The van der Waals surface area contributed by atoms with Gasteiger partial charge in [0.1, 0.15) is 11.5 Å². The maximum Gasteiger partial charge on any atom is 0.271 e. The fourth-order valence-corrected chi connectivity index (χ4v) is 1.69. The zero-order valence-electron chi connectivity index (χ0n) is 13.2. The summed E-state index contributed by atoms with van der Waals surface area (Å²) in [6.45, 7) is 4.82. The van der Waals surface area contributed by atoms with E-state index in [4.69, 9.17) is 9.15 Å². The van der Waals surface area contributed by atoms with Crippen molar-refractivity contribution in [2.75, 3.05) is 6.61 Å². The van der Waals surface area contributed by atoms with Gasteiger partial charge in [0.05, 0.1) is 12.9 Å². The summed E-state index contributed by atoms with van der Waals surface area (Å²) in [5.74, 6) is 1.66. The SMILES string of the molecule is CC(C)COc1ccc(C(=O)N/N=C/C=C/c2ccco2)cc1. The first-order valence-electron chi connectivity index (χ1n) is 7.41. The van der Waals surface area contributed by atoms with Gasteiger partial charge in [0.25, 0.3) is 5.91 Å². The number of amides is 1. The lowest BCUT2D eigenvalue weighted by molar-refractivity contribution is 0.0955. The summed E-state index contributed by atoms with van der Waals surface area (Å²) < 4.78 is 10.7. The van der Waals surface area contributed by atoms with Crippen molar-refractivity contribution < 1.29 is 13.9 Å². The van der Waals surface area contributed by atoms with Crippen LogP contribution in [0.25, 0.3) is 6.08 Å². The molecule has 23 heavy (non-hydrogen) atoms. The highest BCUT2D eigenvalue weighted by molar-refractivity contribution is 5.94. The maximum atomic E-state index is 11.9. The van der Waals surface area contributed by atoms with E-state index in [1.165, 1.54) is 6.21 Å². The van der Waals surface area contributed by atoms with E-state index in [-0.39, 0.29) is 5.91 Å². The molecule has 0 unspecified atom stereocenters. The van der Waals surface area contributed by atoms with Crippen LogP contribution in [0, 0.1) is 5.92 Å². The molecule has 0 bridgehead atoms. The molecule has 1 amide bonds. The van der Waals surface area contributed by atoms with Gasteiger partial charge in [-0.15, -0.1) is 0 Å². The Bertz CT molecular complexity index is 656. The molecule has 1 heterocycles. The molecule has 2 rings (SSSR count). The molecule has 0 aliphatic rings. The number of benzene rings is 1. The van der Waals surface area contributed by atoms with E-state index < -0.39 is 0 Å². The molecule has 120 valence electrons. The third-order valence-electron chi connectivity index (χ3n) is 2.83. The molecule has 0 spiro atoms. The topological polar surface area (TPSA) is 63.8 Å². The molecule has 1 N–H and O–H groups in total. The summed E-state index contributed by atoms with van der Waals surface area (Å²) in [6.07, 6.45) is 6.51. The van der Waals surface area contributed by atoms with Crippen LogP contribution in [0.15, 0.2) is 58.3 Å². The Morgan fingerprint density at radius 1 is 1.30 bits per heavy atom. The van der Waals surface area contributed by atoms with Crippen LogP contribution in [0.2, 0.25) is 0 Å². The molecule has 0 saturated carbocycles. The number of rotatable bonds is 7. The fourth-order valence-electron chi connectivity index (χ4n) is 1.69. The second kappa shape index (κ2) is 8.58. The van der Waals surface area contributed by atoms with Crippen molar-refractivity contribution in [1.29, 1.82) is 0 Å². The number of ether oxygens (including phenoxy) is 1. The van der Waals surface area contributed by atoms with E-state index in [9.17, 15) is 4.79 Å². The molecular weight excluding hydrogens is 292 g/mol. The summed E-state index contributed by atoms with van der Waals surface area (Å²) in [7, 11) is 0. The van der Waals surface area contributed by atoms with Crippen molar-refractivity contribution in [3.63, 3.8) is 0 Å². The number of hydrogen-bond donors (Lipinski definition) is 1. The van der Waals surface area contributed by atoms with Gasteiger partial charge >= 0.3 is 0 Å². The number of allylic oxidation sites excluding steroid dienone is 1. The monoisotopic (exact) mass is 312 g/mol.